The number of aliphatic hydroxyl groups is 2. The van der Waals surface area contributed by atoms with E-state index in [-0.39, 0.29) is 13.2 Å². The lowest BCUT2D eigenvalue weighted by Crippen LogP contribution is -2.05. The summed E-state index contributed by atoms with van der Waals surface area (Å²) in [6, 6.07) is 6.31. The Balaban J connectivity index is 2.63. The monoisotopic (exact) mass is 340 g/mol. The normalized spacial score (nSPS) is 11.9. The van der Waals surface area contributed by atoms with Gasteiger partial charge in [0.1, 0.15) is 0 Å². The van der Waals surface area contributed by atoms with Crippen LogP contribution in [0.15, 0.2) is 29.4 Å². The van der Waals surface area contributed by atoms with Crippen LogP contribution < -0.4 is 0 Å². The summed E-state index contributed by atoms with van der Waals surface area (Å²) in [6.45, 7) is 10.2. The van der Waals surface area contributed by atoms with Crippen LogP contribution in [-0.2, 0) is 13.2 Å². The largest absolute Gasteiger partial charge is 0.392 e. The molecule has 1 heterocycles. The van der Waals surface area contributed by atoms with E-state index in [4.69, 9.17) is 4.99 Å². The highest BCUT2D eigenvalue weighted by Gasteiger charge is 2.14. The van der Waals surface area contributed by atoms with Crippen molar-refractivity contribution >= 4 is 11.9 Å². The molecule has 0 saturated heterocycles. The van der Waals surface area contributed by atoms with Gasteiger partial charge in [0.2, 0.25) is 0 Å². The fraction of sp³-hybridized carbons (Fsp3) is 0.429. The molecule has 2 N–H and O–H groups in total. The van der Waals surface area contributed by atoms with Gasteiger partial charge in [0.25, 0.3) is 0 Å². The number of pyridine rings is 1. The highest BCUT2D eigenvalue weighted by atomic mass is 16.3. The average Bonchev–Trinajstić information content (AvgIpc) is 2.59. The second-order valence-electron chi connectivity index (χ2n) is 6.93. The van der Waals surface area contributed by atoms with Gasteiger partial charge in [-0.3, -0.25) is 9.98 Å². The minimum absolute atomic E-state index is 0.128. The fourth-order valence-electron chi connectivity index (χ4n) is 2.99. The van der Waals surface area contributed by atoms with Crippen molar-refractivity contribution in [2.75, 3.05) is 0 Å². The third kappa shape index (κ3) is 4.14. The van der Waals surface area contributed by atoms with Crippen LogP contribution in [0, 0.1) is 6.92 Å². The summed E-state index contributed by atoms with van der Waals surface area (Å²) in [5.74, 6) is 0.722. The topological polar surface area (TPSA) is 65.7 Å². The van der Waals surface area contributed by atoms with Gasteiger partial charge in [-0.1, -0.05) is 45.9 Å². The van der Waals surface area contributed by atoms with Gasteiger partial charge in [-0.05, 0) is 29.9 Å². The Morgan fingerprint density at radius 3 is 2.12 bits per heavy atom. The van der Waals surface area contributed by atoms with Gasteiger partial charge in [0, 0.05) is 34.8 Å². The van der Waals surface area contributed by atoms with Crippen molar-refractivity contribution in [1.29, 1.82) is 0 Å². The van der Waals surface area contributed by atoms with Gasteiger partial charge < -0.3 is 10.2 Å². The standard InChI is InChI=1S/C21H28N2O2/c1-13(2)17-7-6-8-18(14(3)4)21(17)23-10-19-16(11-24)9-22-15(5)20(19)12-25/h6-10,13-14,24-25H,11-12H2,1-5H3. The Morgan fingerprint density at radius 2 is 1.64 bits per heavy atom. The molecular weight excluding hydrogens is 312 g/mol. The molecule has 0 atom stereocenters. The van der Waals surface area contributed by atoms with Crippen LogP contribution in [-0.4, -0.2) is 21.4 Å². The molecule has 25 heavy (non-hydrogen) atoms. The summed E-state index contributed by atoms with van der Waals surface area (Å²) >= 11 is 0. The van der Waals surface area contributed by atoms with E-state index < -0.39 is 0 Å². The maximum absolute atomic E-state index is 9.72. The van der Waals surface area contributed by atoms with Gasteiger partial charge in [-0.2, -0.15) is 0 Å². The summed E-state index contributed by atoms with van der Waals surface area (Å²) in [5, 5.41) is 19.3. The van der Waals surface area contributed by atoms with E-state index in [1.54, 1.807) is 12.4 Å². The first kappa shape index (κ1) is 19.3. The number of rotatable bonds is 6. The minimum Gasteiger partial charge on any atom is -0.392 e. The summed E-state index contributed by atoms with van der Waals surface area (Å²) in [5.41, 5.74) is 6.27. The zero-order chi connectivity index (χ0) is 18.6. The van der Waals surface area contributed by atoms with Crippen LogP contribution >= 0.6 is 0 Å². The van der Waals surface area contributed by atoms with Crippen LogP contribution in [0.4, 0.5) is 5.69 Å². The molecule has 134 valence electrons. The van der Waals surface area contributed by atoms with Crippen LogP contribution in [0.25, 0.3) is 0 Å². The fourth-order valence-corrected chi connectivity index (χ4v) is 2.99. The lowest BCUT2D eigenvalue weighted by Gasteiger charge is -2.17. The highest BCUT2D eigenvalue weighted by molar-refractivity contribution is 5.86. The van der Waals surface area contributed by atoms with Crippen molar-refractivity contribution in [2.45, 2.75) is 59.7 Å². The molecule has 1 aromatic heterocycles. The van der Waals surface area contributed by atoms with Crippen LogP contribution in [0.1, 0.15) is 73.0 Å². The number of aromatic nitrogens is 1. The van der Waals surface area contributed by atoms with Crippen molar-refractivity contribution in [3.05, 3.63) is 57.9 Å². The number of benzene rings is 1. The molecule has 2 aromatic rings. The quantitative estimate of drug-likeness (QED) is 0.767. The average molecular weight is 340 g/mol. The van der Waals surface area contributed by atoms with Crippen molar-refractivity contribution in [2.24, 2.45) is 4.99 Å². The first-order chi connectivity index (χ1) is 11.9. The van der Waals surface area contributed by atoms with Gasteiger partial charge in [0.05, 0.1) is 18.9 Å². The summed E-state index contributed by atoms with van der Waals surface area (Å²) < 4.78 is 0. The van der Waals surface area contributed by atoms with Crippen molar-refractivity contribution in [3.8, 4) is 0 Å². The van der Waals surface area contributed by atoms with E-state index in [1.807, 2.05) is 6.92 Å². The number of nitrogens with zero attached hydrogens (tertiary/aromatic N) is 2. The Bertz CT molecular complexity index is 738. The molecule has 0 bridgehead atoms. The van der Waals surface area contributed by atoms with E-state index >= 15 is 0 Å². The molecule has 0 unspecified atom stereocenters. The number of aryl methyl sites for hydroxylation is 1. The molecule has 4 heteroatoms. The summed E-state index contributed by atoms with van der Waals surface area (Å²) in [4.78, 5) is 9.05. The molecule has 0 amide bonds. The predicted molar refractivity (Wildman–Crippen MR) is 103 cm³/mol. The summed E-state index contributed by atoms with van der Waals surface area (Å²) in [7, 11) is 0. The van der Waals surface area contributed by atoms with Gasteiger partial charge >= 0.3 is 0 Å². The lowest BCUT2D eigenvalue weighted by atomic mass is 9.93. The molecule has 0 aliphatic heterocycles. The maximum Gasteiger partial charge on any atom is 0.0706 e. The molecule has 0 aliphatic rings. The second kappa shape index (κ2) is 8.37. The van der Waals surface area contributed by atoms with E-state index in [0.29, 0.717) is 23.0 Å². The van der Waals surface area contributed by atoms with Crippen molar-refractivity contribution in [1.82, 2.24) is 4.98 Å². The van der Waals surface area contributed by atoms with Gasteiger partial charge in [-0.15, -0.1) is 0 Å². The first-order valence-corrected chi connectivity index (χ1v) is 8.76. The van der Waals surface area contributed by atoms with E-state index in [0.717, 1.165) is 16.9 Å². The minimum atomic E-state index is -0.134. The maximum atomic E-state index is 9.72. The van der Waals surface area contributed by atoms with E-state index in [1.165, 1.54) is 11.1 Å². The summed E-state index contributed by atoms with van der Waals surface area (Å²) in [6.07, 6.45) is 3.41. The highest BCUT2D eigenvalue weighted by Crippen LogP contribution is 2.34. The molecule has 2 rings (SSSR count). The number of para-hydroxylation sites is 1. The second-order valence-corrected chi connectivity index (χ2v) is 6.93. The lowest BCUT2D eigenvalue weighted by molar-refractivity contribution is 0.273. The van der Waals surface area contributed by atoms with Crippen LogP contribution in [0.2, 0.25) is 0 Å². The van der Waals surface area contributed by atoms with Gasteiger partial charge in [0.15, 0.2) is 0 Å². The van der Waals surface area contributed by atoms with E-state index in [9.17, 15) is 10.2 Å². The molecule has 0 radical (unpaired) electrons. The third-order valence-electron chi connectivity index (χ3n) is 4.52. The molecule has 0 saturated carbocycles. The molecular formula is C21H28N2O2. The third-order valence-corrected chi connectivity index (χ3v) is 4.52. The molecule has 0 spiro atoms. The van der Waals surface area contributed by atoms with Crippen LogP contribution in [0.5, 0.6) is 0 Å². The smallest absolute Gasteiger partial charge is 0.0706 e. The number of aliphatic hydroxyl groups excluding tert-OH is 2. The predicted octanol–water partition coefficient (Wildman–Crippen LogP) is 4.37. The molecule has 0 aliphatic carbocycles. The zero-order valence-electron chi connectivity index (χ0n) is 15.7. The SMILES string of the molecule is Cc1ncc(CO)c(C=Nc2c(C(C)C)cccc2C(C)C)c1CO. The van der Waals surface area contributed by atoms with Crippen LogP contribution in [0.3, 0.4) is 0 Å². The van der Waals surface area contributed by atoms with E-state index in [2.05, 4.69) is 50.9 Å². The molecule has 1 aromatic carbocycles. The Labute approximate surface area is 150 Å². The number of hydrogen-bond donors (Lipinski definition) is 2. The van der Waals surface area contributed by atoms with Gasteiger partial charge in [-0.25, -0.2) is 0 Å². The van der Waals surface area contributed by atoms with Crippen molar-refractivity contribution < 1.29 is 10.2 Å². The van der Waals surface area contributed by atoms with Crippen molar-refractivity contribution in [3.63, 3.8) is 0 Å². The molecule has 0 fully saturated rings. The Kier molecular flexibility index (Phi) is 6.45. The molecule has 4 nitrogen and oxygen atoms in total. The number of aliphatic imine (C=N–C) groups is 1. The Hall–Kier alpha value is -2.04. The zero-order valence-corrected chi connectivity index (χ0v) is 15.7. The Morgan fingerprint density at radius 1 is 1.04 bits per heavy atom. The first-order valence-electron chi connectivity index (χ1n) is 8.76. The number of hydrogen-bond acceptors (Lipinski definition) is 4.